The Hall–Kier alpha value is -1.91. The third-order valence-corrected chi connectivity index (χ3v) is 3.39. The van der Waals surface area contributed by atoms with E-state index in [2.05, 4.69) is 15.2 Å². The van der Waals surface area contributed by atoms with Gasteiger partial charge in [-0.3, -0.25) is 0 Å². The van der Waals surface area contributed by atoms with Crippen LogP contribution in [0.25, 0.3) is 11.1 Å². The van der Waals surface area contributed by atoms with Gasteiger partial charge in [-0.05, 0) is 30.7 Å². The van der Waals surface area contributed by atoms with Crippen LogP contribution in [0, 0.1) is 6.92 Å². The fourth-order valence-electron chi connectivity index (χ4n) is 2.03. The average Bonchev–Trinajstić information content (AvgIpc) is 2.85. The van der Waals surface area contributed by atoms with Gasteiger partial charge in [-0.15, -0.1) is 12.4 Å². The molecule has 0 saturated carbocycles. The molecule has 0 saturated heterocycles. The van der Waals surface area contributed by atoms with Gasteiger partial charge in [-0.2, -0.15) is 10.2 Å². The number of rotatable bonds is 3. The van der Waals surface area contributed by atoms with Gasteiger partial charge in [0.25, 0.3) is 0 Å². The molecule has 0 aliphatic heterocycles. The lowest BCUT2D eigenvalue weighted by Crippen LogP contribution is -2.04. The molecule has 0 atom stereocenters. The van der Waals surface area contributed by atoms with Crippen molar-refractivity contribution in [2.24, 2.45) is 0 Å². The number of halogens is 2. The number of hydrogen-bond acceptors (Lipinski definition) is 3. The lowest BCUT2D eigenvalue weighted by molar-refractivity contribution is 0.727. The van der Waals surface area contributed by atoms with Crippen LogP contribution < -0.4 is 0 Å². The van der Waals surface area contributed by atoms with Gasteiger partial charge in [0.1, 0.15) is 5.82 Å². The van der Waals surface area contributed by atoms with E-state index in [1.54, 1.807) is 12.4 Å². The van der Waals surface area contributed by atoms with Crippen LogP contribution in [-0.2, 0) is 6.54 Å². The Labute approximate surface area is 134 Å². The van der Waals surface area contributed by atoms with E-state index in [1.165, 1.54) is 0 Å². The van der Waals surface area contributed by atoms with Crippen LogP contribution in [0.15, 0.2) is 48.9 Å². The second-order valence-electron chi connectivity index (χ2n) is 4.54. The van der Waals surface area contributed by atoms with Crippen LogP contribution in [0.5, 0.6) is 0 Å². The van der Waals surface area contributed by atoms with Gasteiger partial charge in [-0.1, -0.05) is 23.7 Å². The SMILES string of the molecule is Cc1nccn1Cc1cc(-c2ccc(Cl)cc2)cnn1.Cl. The zero-order valence-corrected chi connectivity index (χ0v) is 13.0. The molecule has 0 aliphatic carbocycles. The molecule has 0 spiro atoms. The first-order chi connectivity index (χ1) is 9.72. The van der Waals surface area contributed by atoms with Crippen LogP contribution in [0.2, 0.25) is 5.02 Å². The molecule has 4 nitrogen and oxygen atoms in total. The Balaban J connectivity index is 0.00000161. The maximum absolute atomic E-state index is 5.90. The highest BCUT2D eigenvalue weighted by molar-refractivity contribution is 6.30. The Morgan fingerprint density at radius 3 is 2.57 bits per heavy atom. The molecule has 0 bridgehead atoms. The Bertz CT molecular complexity index is 723. The summed E-state index contributed by atoms with van der Waals surface area (Å²) in [5.41, 5.74) is 3.01. The molecule has 0 fully saturated rings. The van der Waals surface area contributed by atoms with Crippen LogP contribution in [0.1, 0.15) is 11.5 Å². The zero-order valence-electron chi connectivity index (χ0n) is 11.4. The summed E-state index contributed by atoms with van der Waals surface area (Å²) in [5.74, 6) is 0.962. The van der Waals surface area contributed by atoms with E-state index in [9.17, 15) is 0 Å². The van der Waals surface area contributed by atoms with Crippen LogP contribution in [-0.4, -0.2) is 19.7 Å². The zero-order chi connectivity index (χ0) is 13.9. The van der Waals surface area contributed by atoms with Crippen molar-refractivity contribution in [3.8, 4) is 11.1 Å². The molecule has 21 heavy (non-hydrogen) atoms. The first kappa shape index (κ1) is 15.5. The number of benzene rings is 1. The maximum atomic E-state index is 5.90. The minimum absolute atomic E-state index is 0. The molecule has 2 aromatic heterocycles. The van der Waals surface area contributed by atoms with Crippen LogP contribution >= 0.6 is 24.0 Å². The van der Waals surface area contributed by atoms with E-state index in [4.69, 9.17) is 11.6 Å². The highest BCUT2D eigenvalue weighted by Crippen LogP contribution is 2.21. The fraction of sp³-hybridized carbons (Fsp3) is 0.133. The first-order valence-electron chi connectivity index (χ1n) is 6.27. The third kappa shape index (κ3) is 3.60. The molecule has 0 N–H and O–H groups in total. The van der Waals surface area contributed by atoms with Gasteiger partial charge in [0.15, 0.2) is 0 Å². The predicted octanol–water partition coefficient (Wildman–Crippen LogP) is 3.77. The van der Waals surface area contributed by atoms with E-state index in [-0.39, 0.29) is 12.4 Å². The van der Waals surface area contributed by atoms with E-state index < -0.39 is 0 Å². The Morgan fingerprint density at radius 1 is 1.14 bits per heavy atom. The number of aryl methyl sites for hydroxylation is 1. The van der Waals surface area contributed by atoms with Crippen molar-refractivity contribution >= 4 is 24.0 Å². The van der Waals surface area contributed by atoms with Gasteiger partial charge in [-0.25, -0.2) is 4.98 Å². The van der Waals surface area contributed by atoms with Crippen LogP contribution in [0.4, 0.5) is 0 Å². The molecular weight excluding hydrogens is 307 g/mol. The normalized spacial score (nSPS) is 10.2. The molecule has 1 aromatic carbocycles. The molecule has 0 unspecified atom stereocenters. The van der Waals surface area contributed by atoms with E-state index in [0.717, 1.165) is 27.7 Å². The summed E-state index contributed by atoms with van der Waals surface area (Å²) in [5, 5.41) is 8.98. The molecule has 3 aromatic rings. The minimum Gasteiger partial charge on any atom is -0.329 e. The van der Waals surface area contributed by atoms with Gasteiger partial charge in [0.2, 0.25) is 0 Å². The average molecular weight is 321 g/mol. The minimum atomic E-state index is 0. The number of nitrogens with zero attached hydrogens (tertiary/aromatic N) is 4. The molecule has 3 rings (SSSR count). The van der Waals surface area contributed by atoms with Gasteiger partial charge >= 0.3 is 0 Å². The van der Waals surface area contributed by atoms with Crippen molar-refractivity contribution in [2.75, 3.05) is 0 Å². The Kier molecular flexibility index (Phi) is 4.94. The summed E-state index contributed by atoms with van der Waals surface area (Å²) in [6.07, 6.45) is 5.48. The quantitative estimate of drug-likeness (QED) is 0.737. The predicted molar refractivity (Wildman–Crippen MR) is 85.8 cm³/mol. The summed E-state index contributed by atoms with van der Waals surface area (Å²) < 4.78 is 2.04. The highest BCUT2D eigenvalue weighted by atomic mass is 35.5. The number of aromatic nitrogens is 4. The van der Waals surface area contributed by atoms with Crippen molar-refractivity contribution < 1.29 is 0 Å². The van der Waals surface area contributed by atoms with Crippen LogP contribution in [0.3, 0.4) is 0 Å². The van der Waals surface area contributed by atoms with Crippen molar-refractivity contribution in [2.45, 2.75) is 13.5 Å². The summed E-state index contributed by atoms with van der Waals surface area (Å²) in [7, 11) is 0. The van der Waals surface area contributed by atoms with E-state index >= 15 is 0 Å². The smallest absolute Gasteiger partial charge is 0.105 e. The number of imidazole rings is 1. The highest BCUT2D eigenvalue weighted by Gasteiger charge is 2.04. The molecular formula is C15H14Cl2N4. The summed E-state index contributed by atoms with van der Waals surface area (Å²) in [6, 6.07) is 9.74. The maximum Gasteiger partial charge on any atom is 0.105 e. The van der Waals surface area contributed by atoms with E-state index in [1.807, 2.05) is 48.0 Å². The summed E-state index contributed by atoms with van der Waals surface area (Å²) >= 11 is 5.90. The van der Waals surface area contributed by atoms with Gasteiger partial charge in [0.05, 0.1) is 18.4 Å². The molecule has 0 aliphatic rings. The molecule has 0 radical (unpaired) electrons. The third-order valence-electron chi connectivity index (χ3n) is 3.14. The molecule has 108 valence electrons. The number of hydrogen-bond donors (Lipinski definition) is 0. The summed E-state index contributed by atoms with van der Waals surface area (Å²) in [4.78, 5) is 4.20. The second-order valence-corrected chi connectivity index (χ2v) is 4.98. The first-order valence-corrected chi connectivity index (χ1v) is 6.65. The standard InChI is InChI=1S/C15H13ClN4.ClH/c1-11-17-6-7-20(11)10-15-8-13(9-18-19-15)12-2-4-14(16)5-3-12;/h2-9H,10H2,1H3;1H. The van der Waals surface area contributed by atoms with Crippen molar-refractivity contribution in [1.29, 1.82) is 0 Å². The van der Waals surface area contributed by atoms with Gasteiger partial charge in [0, 0.05) is 23.0 Å². The fourth-order valence-corrected chi connectivity index (χ4v) is 2.16. The van der Waals surface area contributed by atoms with Crippen molar-refractivity contribution in [1.82, 2.24) is 19.7 Å². The second kappa shape index (κ2) is 6.70. The topological polar surface area (TPSA) is 43.6 Å². The lowest BCUT2D eigenvalue weighted by atomic mass is 10.1. The Morgan fingerprint density at radius 2 is 1.90 bits per heavy atom. The molecule has 2 heterocycles. The van der Waals surface area contributed by atoms with Gasteiger partial charge < -0.3 is 4.57 Å². The summed E-state index contributed by atoms with van der Waals surface area (Å²) in [6.45, 7) is 2.64. The van der Waals surface area contributed by atoms with Crippen molar-refractivity contribution in [3.63, 3.8) is 0 Å². The monoisotopic (exact) mass is 320 g/mol. The van der Waals surface area contributed by atoms with E-state index in [0.29, 0.717) is 6.54 Å². The molecule has 6 heteroatoms. The lowest BCUT2D eigenvalue weighted by Gasteiger charge is -2.06. The van der Waals surface area contributed by atoms with Crippen molar-refractivity contribution in [3.05, 3.63) is 65.5 Å². The molecule has 0 amide bonds. The largest absolute Gasteiger partial charge is 0.329 e.